The number of hydrogen-bond acceptors (Lipinski definition) is 6. The van der Waals surface area contributed by atoms with Gasteiger partial charge in [0, 0.05) is 0 Å². The first-order valence-corrected chi connectivity index (χ1v) is 6.66. The van der Waals surface area contributed by atoms with Crippen LogP contribution in [0.4, 0.5) is 5.13 Å². The summed E-state index contributed by atoms with van der Waals surface area (Å²) in [6.45, 7) is 2.07. The Balaban J connectivity index is 2.61. The predicted molar refractivity (Wildman–Crippen MR) is 69.3 cm³/mol. The molecule has 0 aliphatic rings. The van der Waals surface area contributed by atoms with Gasteiger partial charge in [-0.1, -0.05) is 11.3 Å². The van der Waals surface area contributed by atoms with Crippen LogP contribution in [0, 0.1) is 6.92 Å². The van der Waals surface area contributed by atoms with Gasteiger partial charge in [0.05, 0.1) is 22.2 Å². The molecule has 0 fully saturated rings. The van der Waals surface area contributed by atoms with Crippen molar-refractivity contribution in [2.75, 3.05) is 24.7 Å². The Hall–Kier alpha value is -1.12. The van der Waals surface area contributed by atoms with Crippen LogP contribution in [-0.2, 0) is 9.59 Å². The zero-order valence-electron chi connectivity index (χ0n) is 9.57. The predicted octanol–water partition coefficient (Wildman–Crippen LogP) is 0.187. The van der Waals surface area contributed by atoms with E-state index in [2.05, 4.69) is 15.6 Å². The number of nitrogens with two attached hydrogens (primary N) is 1. The number of carbonyl (C=O) groups is 2. The summed E-state index contributed by atoms with van der Waals surface area (Å²) in [5.74, 6) is -0.302. The molecule has 0 radical (unpaired) electrons. The average Bonchev–Trinajstić information content (AvgIpc) is 2.56. The first kappa shape index (κ1) is 13.9. The minimum Gasteiger partial charge on any atom is -0.369 e. The van der Waals surface area contributed by atoms with Gasteiger partial charge in [0.2, 0.25) is 11.8 Å². The maximum absolute atomic E-state index is 11.3. The van der Waals surface area contributed by atoms with Crippen LogP contribution in [-0.4, -0.2) is 36.1 Å². The second-order valence-electron chi connectivity index (χ2n) is 3.23. The molecule has 1 aromatic heterocycles. The number of carbonyl (C=O) groups excluding carboxylic acids is 2. The van der Waals surface area contributed by atoms with Crippen LogP contribution in [0.25, 0.3) is 0 Å². The summed E-state index contributed by atoms with van der Waals surface area (Å²) in [6, 6.07) is 0. The summed E-state index contributed by atoms with van der Waals surface area (Å²) < 4.78 is 0.892. The Morgan fingerprint density at radius 2 is 2.24 bits per heavy atom. The van der Waals surface area contributed by atoms with Gasteiger partial charge < -0.3 is 16.4 Å². The van der Waals surface area contributed by atoms with Crippen LogP contribution < -0.4 is 16.4 Å². The van der Waals surface area contributed by atoms with E-state index in [4.69, 9.17) is 5.73 Å². The van der Waals surface area contributed by atoms with Crippen molar-refractivity contribution in [3.63, 3.8) is 0 Å². The molecule has 0 spiro atoms. The molecule has 0 aliphatic heterocycles. The number of aromatic nitrogens is 1. The molecule has 2 amide bonds. The fourth-order valence-electron chi connectivity index (χ4n) is 1.03. The van der Waals surface area contributed by atoms with Gasteiger partial charge in [-0.05, 0) is 14.0 Å². The number of thiazole rings is 1. The molecule has 0 saturated heterocycles. The van der Waals surface area contributed by atoms with E-state index in [-0.39, 0.29) is 24.1 Å². The van der Waals surface area contributed by atoms with E-state index >= 15 is 0 Å². The number of nitrogens with zero attached hydrogens (tertiary/aromatic N) is 1. The molecule has 6 nitrogen and oxygen atoms in total. The first-order valence-electron chi connectivity index (χ1n) is 4.86. The molecule has 1 aromatic rings. The van der Waals surface area contributed by atoms with Crippen molar-refractivity contribution in [2.24, 2.45) is 5.73 Å². The van der Waals surface area contributed by atoms with Crippen molar-refractivity contribution in [1.82, 2.24) is 10.3 Å². The van der Waals surface area contributed by atoms with Crippen molar-refractivity contribution in [3.8, 4) is 0 Å². The molecule has 1 heterocycles. The van der Waals surface area contributed by atoms with Crippen molar-refractivity contribution < 1.29 is 9.59 Å². The van der Waals surface area contributed by atoms with Crippen molar-refractivity contribution in [3.05, 3.63) is 5.69 Å². The van der Waals surface area contributed by atoms with E-state index in [9.17, 15) is 9.59 Å². The van der Waals surface area contributed by atoms with E-state index in [1.165, 1.54) is 23.1 Å². The standard InChI is InChI=1S/C9H14N4O2S2/c1-5-8(16-4-6(10)14)17-9(12-5)13-7(15)3-11-2/h11H,3-4H2,1-2H3,(H2,10,14)(H,12,13,15). The molecule has 4 N–H and O–H groups in total. The van der Waals surface area contributed by atoms with Crippen molar-refractivity contribution in [2.45, 2.75) is 11.1 Å². The smallest absolute Gasteiger partial charge is 0.240 e. The highest BCUT2D eigenvalue weighted by molar-refractivity contribution is 8.01. The van der Waals surface area contributed by atoms with Gasteiger partial charge in [-0.3, -0.25) is 9.59 Å². The van der Waals surface area contributed by atoms with Gasteiger partial charge in [-0.2, -0.15) is 0 Å². The summed E-state index contributed by atoms with van der Waals surface area (Å²) in [5.41, 5.74) is 5.86. The first-order chi connectivity index (χ1) is 8.02. The summed E-state index contributed by atoms with van der Waals surface area (Å²) in [7, 11) is 1.70. The topological polar surface area (TPSA) is 97.1 Å². The Bertz CT molecular complexity index is 419. The van der Waals surface area contributed by atoms with Gasteiger partial charge in [-0.15, -0.1) is 11.8 Å². The van der Waals surface area contributed by atoms with E-state index in [0.29, 0.717) is 5.13 Å². The summed E-state index contributed by atoms with van der Waals surface area (Å²) in [6.07, 6.45) is 0. The maximum atomic E-state index is 11.3. The summed E-state index contributed by atoms with van der Waals surface area (Å²) >= 11 is 2.67. The fourth-order valence-corrected chi connectivity index (χ4v) is 2.92. The van der Waals surface area contributed by atoms with Gasteiger partial charge in [-0.25, -0.2) is 4.98 Å². The second kappa shape index (κ2) is 6.58. The van der Waals surface area contributed by atoms with Crippen LogP contribution in [0.1, 0.15) is 5.69 Å². The number of likely N-dealkylation sites (N-methyl/N-ethyl adjacent to an activating group) is 1. The highest BCUT2D eigenvalue weighted by atomic mass is 32.2. The number of amides is 2. The largest absolute Gasteiger partial charge is 0.369 e. The second-order valence-corrected chi connectivity index (χ2v) is 5.47. The fraction of sp³-hybridized carbons (Fsp3) is 0.444. The van der Waals surface area contributed by atoms with Crippen LogP contribution >= 0.6 is 23.1 Å². The van der Waals surface area contributed by atoms with E-state index < -0.39 is 0 Å². The third-order valence-electron chi connectivity index (χ3n) is 1.68. The molecule has 0 bridgehead atoms. The zero-order valence-corrected chi connectivity index (χ0v) is 11.2. The highest BCUT2D eigenvalue weighted by Gasteiger charge is 2.11. The maximum Gasteiger partial charge on any atom is 0.240 e. The number of primary amides is 1. The Morgan fingerprint density at radius 1 is 1.53 bits per heavy atom. The molecule has 17 heavy (non-hydrogen) atoms. The molecule has 94 valence electrons. The lowest BCUT2D eigenvalue weighted by Gasteiger charge is -1.98. The molecule has 0 atom stereocenters. The third kappa shape index (κ3) is 4.72. The van der Waals surface area contributed by atoms with Crippen LogP contribution in [0.2, 0.25) is 0 Å². The molecule has 8 heteroatoms. The SMILES string of the molecule is CNCC(=O)Nc1nc(C)c(SCC(N)=O)s1. The Kier molecular flexibility index (Phi) is 5.39. The van der Waals surface area contributed by atoms with E-state index in [0.717, 1.165) is 9.90 Å². The molecular formula is C9H14N4O2S2. The van der Waals surface area contributed by atoms with Gasteiger partial charge in [0.25, 0.3) is 0 Å². The number of aryl methyl sites for hydroxylation is 1. The van der Waals surface area contributed by atoms with Gasteiger partial charge >= 0.3 is 0 Å². The third-order valence-corrected chi connectivity index (χ3v) is 4.14. The Labute approximate surface area is 107 Å². The molecule has 0 saturated carbocycles. The highest BCUT2D eigenvalue weighted by Crippen LogP contribution is 2.31. The summed E-state index contributed by atoms with van der Waals surface area (Å²) in [4.78, 5) is 26.2. The number of thioether (sulfide) groups is 1. The van der Waals surface area contributed by atoms with Crippen LogP contribution in [0.3, 0.4) is 0 Å². The zero-order chi connectivity index (χ0) is 12.8. The quantitative estimate of drug-likeness (QED) is 0.643. The number of hydrogen-bond donors (Lipinski definition) is 3. The Morgan fingerprint density at radius 3 is 2.82 bits per heavy atom. The number of rotatable bonds is 6. The lowest BCUT2D eigenvalue weighted by Crippen LogP contribution is -2.24. The van der Waals surface area contributed by atoms with Gasteiger partial charge in [0.1, 0.15) is 0 Å². The minimum absolute atomic E-state index is 0.146. The normalized spacial score (nSPS) is 10.2. The molecule has 0 aromatic carbocycles. The molecule has 0 aliphatic carbocycles. The van der Waals surface area contributed by atoms with Gasteiger partial charge in [0.15, 0.2) is 5.13 Å². The van der Waals surface area contributed by atoms with Crippen LogP contribution in [0.15, 0.2) is 4.21 Å². The van der Waals surface area contributed by atoms with Crippen molar-refractivity contribution >= 4 is 40.0 Å². The average molecular weight is 274 g/mol. The monoisotopic (exact) mass is 274 g/mol. The summed E-state index contributed by atoms with van der Waals surface area (Å²) in [5, 5.41) is 5.95. The molecular weight excluding hydrogens is 260 g/mol. The van der Waals surface area contributed by atoms with E-state index in [1.807, 2.05) is 6.92 Å². The number of anilines is 1. The molecule has 0 unspecified atom stereocenters. The lowest BCUT2D eigenvalue weighted by atomic mass is 10.6. The van der Waals surface area contributed by atoms with E-state index in [1.54, 1.807) is 7.05 Å². The van der Waals surface area contributed by atoms with Crippen molar-refractivity contribution in [1.29, 1.82) is 0 Å². The molecule has 1 rings (SSSR count). The van der Waals surface area contributed by atoms with Crippen LogP contribution in [0.5, 0.6) is 0 Å². The minimum atomic E-state index is -0.372. The lowest BCUT2D eigenvalue weighted by molar-refractivity contribution is -0.116. The number of nitrogens with one attached hydrogen (secondary N) is 2.